The van der Waals surface area contributed by atoms with E-state index in [9.17, 15) is 19.5 Å². The van der Waals surface area contributed by atoms with Gasteiger partial charge in [0.25, 0.3) is 11.8 Å². The van der Waals surface area contributed by atoms with Crippen LogP contribution < -0.4 is 56.5 Å². The van der Waals surface area contributed by atoms with Crippen molar-refractivity contribution < 1.29 is 70.9 Å². The molecule has 1 aromatic heterocycles. The van der Waals surface area contributed by atoms with Crippen molar-refractivity contribution >= 4 is 28.7 Å². The average molecular weight is 353 g/mol. The van der Waals surface area contributed by atoms with Crippen molar-refractivity contribution in [2.75, 3.05) is 26.2 Å². The minimum atomic E-state index is -1.71. The van der Waals surface area contributed by atoms with Crippen LogP contribution in [0.3, 0.4) is 0 Å². The molecule has 1 N–H and O–H groups in total. The maximum Gasteiger partial charge on any atom is 1.00 e. The molecule has 1 aromatic carbocycles. The van der Waals surface area contributed by atoms with Crippen LogP contribution in [0.5, 0.6) is 0 Å². The monoisotopic (exact) mass is 353 g/mol. The Labute approximate surface area is 181 Å². The molecule has 2 aromatic rings. The number of hydrogen-bond donors (Lipinski definition) is 1. The summed E-state index contributed by atoms with van der Waals surface area (Å²) in [5, 5.41) is 11.6. The fraction of sp³-hybridized carbons (Fsp3) is 0.312. The number of para-hydroxylation sites is 1. The molecule has 1 aliphatic heterocycles. The predicted octanol–water partition coefficient (Wildman–Crippen LogP) is -3.40. The van der Waals surface area contributed by atoms with Gasteiger partial charge in [-0.1, -0.05) is 18.2 Å². The second-order valence-electron chi connectivity index (χ2n) is 5.50. The zero-order valence-corrected chi connectivity index (χ0v) is 16.6. The van der Waals surface area contributed by atoms with Crippen molar-refractivity contribution in [2.24, 2.45) is 0 Å². The minimum Gasteiger partial charge on any atom is -0.540 e. The molecule has 0 bridgehead atoms. The number of fused-ring (bicyclic) bond motifs is 1. The van der Waals surface area contributed by atoms with Crippen molar-refractivity contribution in [1.29, 1.82) is 0 Å². The largest absolute Gasteiger partial charge is 1.00 e. The van der Waals surface area contributed by atoms with Crippen molar-refractivity contribution in [1.82, 2.24) is 14.8 Å². The second kappa shape index (κ2) is 8.26. The summed E-state index contributed by atoms with van der Waals surface area (Å²) in [5.41, 5.74) is 1.38. The standard InChI is InChI=1S/C16H17N3O4.K/c20-14(13-10-11-4-1-2-5-12(11)17-13)18-6-3-7-19(9-8-18)15(21)16(22)23;/h1-2,4-5,10,17H,3,6-9H2,(H,22,23);/q;+1/p-1. The van der Waals surface area contributed by atoms with Gasteiger partial charge in [0.15, 0.2) is 0 Å². The van der Waals surface area contributed by atoms with Crippen LogP contribution in [-0.2, 0) is 9.59 Å². The molecule has 0 unspecified atom stereocenters. The van der Waals surface area contributed by atoms with E-state index in [1.807, 2.05) is 24.3 Å². The number of benzene rings is 1. The van der Waals surface area contributed by atoms with Crippen molar-refractivity contribution in [3.63, 3.8) is 0 Å². The van der Waals surface area contributed by atoms with Crippen LogP contribution in [0.1, 0.15) is 16.9 Å². The third kappa shape index (κ3) is 4.07. The van der Waals surface area contributed by atoms with Gasteiger partial charge in [-0.2, -0.15) is 0 Å². The predicted molar refractivity (Wildman–Crippen MR) is 80.4 cm³/mol. The quantitative estimate of drug-likeness (QED) is 0.427. The molecule has 0 saturated carbocycles. The molecule has 1 fully saturated rings. The number of H-pyrrole nitrogens is 1. The Kier molecular flexibility index (Phi) is 6.59. The summed E-state index contributed by atoms with van der Waals surface area (Å²) in [6.07, 6.45) is 0.533. The number of nitrogens with one attached hydrogen (secondary N) is 1. The van der Waals surface area contributed by atoms with E-state index < -0.39 is 11.9 Å². The number of carbonyl (C=O) groups is 3. The maximum absolute atomic E-state index is 12.6. The number of aromatic amines is 1. The molecule has 8 heteroatoms. The summed E-state index contributed by atoms with van der Waals surface area (Å²) in [5.74, 6) is -2.88. The fourth-order valence-corrected chi connectivity index (χ4v) is 2.81. The van der Waals surface area contributed by atoms with Crippen molar-refractivity contribution in [3.8, 4) is 0 Å². The first-order chi connectivity index (χ1) is 11.1. The Balaban J connectivity index is 0.00000208. The summed E-state index contributed by atoms with van der Waals surface area (Å²) in [4.78, 5) is 40.7. The normalized spacial score (nSPS) is 14.8. The third-order valence-corrected chi connectivity index (χ3v) is 4.01. The Morgan fingerprint density at radius 3 is 2.38 bits per heavy atom. The first-order valence-electron chi connectivity index (χ1n) is 7.43. The van der Waals surface area contributed by atoms with E-state index in [-0.39, 0.29) is 63.8 Å². The van der Waals surface area contributed by atoms with Gasteiger partial charge >= 0.3 is 51.4 Å². The SMILES string of the molecule is O=C([O-])C(=O)N1CCCN(C(=O)c2cc3ccccc3[nH]2)CC1.[K+]. The summed E-state index contributed by atoms with van der Waals surface area (Å²) >= 11 is 0. The fourth-order valence-electron chi connectivity index (χ4n) is 2.81. The second-order valence-corrected chi connectivity index (χ2v) is 5.50. The van der Waals surface area contributed by atoms with Gasteiger partial charge in [0.05, 0.1) is 0 Å². The number of carboxylic acids is 1. The Morgan fingerprint density at radius 1 is 1.00 bits per heavy atom. The Bertz CT molecular complexity index is 741. The summed E-state index contributed by atoms with van der Waals surface area (Å²) in [7, 11) is 0. The van der Waals surface area contributed by atoms with Crippen LogP contribution in [0.2, 0.25) is 0 Å². The molecule has 2 amide bonds. The summed E-state index contributed by atoms with van der Waals surface area (Å²) in [6, 6.07) is 9.41. The van der Waals surface area contributed by atoms with E-state index in [1.165, 1.54) is 4.90 Å². The van der Waals surface area contributed by atoms with Crippen LogP contribution in [0.15, 0.2) is 30.3 Å². The summed E-state index contributed by atoms with van der Waals surface area (Å²) < 4.78 is 0. The maximum atomic E-state index is 12.6. The molecule has 3 rings (SSSR count). The van der Waals surface area contributed by atoms with Gasteiger partial charge in [-0.25, -0.2) is 0 Å². The van der Waals surface area contributed by atoms with E-state index >= 15 is 0 Å². The van der Waals surface area contributed by atoms with Gasteiger partial charge in [0.2, 0.25) is 0 Å². The molecule has 1 saturated heterocycles. The molecule has 1 aliphatic rings. The van der Waals surface area contributed by atoms with Crippen LogP contribution >= 0.6 is 0 Å². The smallest absolute Gasteiger partial charge is 0.540 e. The molecule has 0 aliphatic carbocycles. The summed E-state index contributed by atoms with van der Waals surface area (Å²) in [6.45, 7) is 1.28. The molecular weight excluding hydrogens is 337 g/mol. The van der Waals surface area contributed by atoms with Crippen LogP contribution in [0.25, 0.3) is 10.9 Å². The molecule has 24 heavy (non-hydrogen) atoms. The number of carbonyl (C=O) groups excluding carboxylic acids is 3. The first-order valence-corrected chi connectivity index (χ1v) is 7.43. The van der Waals surface area contributed by atoms with Gasteiger partial charge in [-0.05, 0) is 18.6 Å². The number of aromatic nitrogens is 1. The van der Waals surface area contributed by atoms with Gasteiger partial charge in [-0.15, -0.1) is 0 Å². The van der Waals surface area contributed by atoms with Gasteiger partial charge in [-0.3, -0.25) is 9.59 Å². The molecular formula is C16H16KN3O4. The topological polar surface area (TPSA) is 96.5 Å². The minimum absolute atomic E-state index is 0. The van der Waals surface area contributed by atoms with Gasteiger partial charge in [0, 0.05) is 37.1 Å². The number of aliphatic carboxylic acids is 1. The number of amides is 2. The molecule has 0 spiro atoms. The Morgan fingerprint density at radius 2 is 1.67 bits per heavy atom. The zero-order valence-electron chi connectivity index (χ0n) is 13.4. The average Bonchev–Trinajstić information content (AvgIpc) is 2.83. The van der Waals surface area contributed by atoms with E-state index in [1.54, 1.807) is 11.0 Å². The molecule has 120 valence electrons. The van der Waals surface area contributed by atoms with Crippen molar-refractivity contribution in [3.05, 3.63) is 36.0 Å². The van der Waals surface area contributed by atoms with E-state index in [4.69, 9.17) is 0 Å². The number of rotatable bonds is 1. The van der Waals surface area contributed by atoms with E-state index in [0.717, 1.165) is 10.9 Å². The van der Waals surface area contributed by atoms with Crippen molar-refractivity contribution in [2.45, 2.75) is 6.42 Å². The van der Waals surface area contributed by atoms with Gasteiger partial charge < -0.3 is 24.7 Å². The Hall–Kier alpha value is -1.19. The molecule has 2 heterocycles. The third-order valence-electron chi connectivity index (χ3n) is 4.01. The van der Waals surface area contributed by atoms with Crippen LogP contribution in [0, 0.1) is 0 Å². The number of nitrogens with zero attached hydrogens (tertiary/aromatic N) is 2. The first kappa shape index (κ1) is 19.1. The zero-order chi connectivity index (χ0) is 16.4. The van der Waals surface area contributed by atoms with Crippen LogP contribution in [0.4, 0.5) is 0 Å². The molecule has 7 nitrogen and oxygen atoms in total. The number of carboxylic acid groups (broad SMARTS) is 1. The van der Waals surface area contributed by atoms with E-state index in [0.29, 0.717) is 31.7 Å². The molecule has 0 radical (unpaired) electrons. The van der Waals surface area contributed by atoms with E-state index in [2.05, 4.69) is 4.98 Å². The number of hydrogen-bond acceptors (Lipinski definition) is 4. The van der Waals surface area contributed by atoms with Gasteiger partial charge in [0.1, 0.15) is 11.7 Å². The molecule has 0 atom stereocenters. The van der Waals surface area contributed by atoms with Crippen LogP contribution in [-0.4, -0.2) is 58.7 Å².